The largest absolute Gasteiger partial charge is 0.338 e. The number of benzene rings is 1. The zero-order valence-electron chi connectivity index (χ0n) is 9.13. The Labute approximate surface area is 107 Å². The molecule has 1 aromatic carbocycles. The second kappa shape index (κ2) is 5.12. The van der Waals surface area contributed by atoms with Crippen LogP contribution in [0.1, 0.15) is 16.8 Å². The Morgan fingerprint density at radius 1 is 1.41 bits per heavy atom. The lowest BCUT2D eigenvalue weighted by molar-refractivity contribution is 0.0778. The Balaban J connectivity index is 2.21. The quantitative estimate of drug-likeness (QED) is 0.769. The van der Waals surface area contributed by atoms with Gasteiger partial charge in [0.1, 0.15) is 17.2 Å². The van der Waals surface area contributed by atoms with Gasteiger partial charge in [-0.25, -0.2) is 8.78 Å². The Morgan fingerprint density at radius 3 is 2.59 bits per heavy atom. The number of nitrogens with zero attached hydrogens (tertiary/aromatic N) is 1. The summed E-state index contributed by atoms with van der Waals surface area (Å²) in [5.41, 5.74) is -0.442. The lowest BCUT2D eigenvalue weighted by Gasteiger charge is -2.16. The van der Waals surface area contributed by atoms with E-state index >= 15 is 0 Å². The van der Waals surface area contributed by atoms with Crippen molar-refractivity contribution >= 4 is 21.8 Å². The number of carbonyl (C=O) groups is 1. The van der Waals surface area contributed by atoms with E-state index in [4.69, 9.17) is 0 Å². The molecule has 0 saturated carbocycles. The average Bonchev–Trinajstić information content (AvgIpc) is 2.77. The van der Waals surface area contributed by atoms with Crippen LogP contribution in [-0.4, -0.2) is 29.2 Å². The predicted molar refractivity (Wildman–Crippen MR) is 64.2 cm³/mol. The van der Waals surface area contributed by atoms with Gasteiger partial charge < -0.3 is 4.90 Å². The van der Waals surface area contributed by atoms with E-state index in [1.807, 2.05) is 0 Å². The first-order chi connectivity index (χ1) is 8.13. The van der Waals surface area contributed by atoms with Crippen molar-refractivity contribution in [1.29, 1.82) is 0 Å². The van der Waals surface area contributed by atoms with E-state index in [0.717, 1.165) is 23.9 Å². The first kappa shape index (κ1) is 12.5. The van der Waals surface area contributed by atoms with E-state index < -0.39 is 23.1 Å². The van der Waals surface area contributed by atoms with Crippen LogP contribution in [0, 0.1) is 17.6 Å². The Kier molecular flexibility index (Phi) is 3.76. The minimum absolute atomic E-state index is 0.369. The Hall–Kier alpha value is -0.970. The molecule has 1 saturated heterocycles. The van der Waals surface area contributed by atoms with Crippen molar-refractivity contribution in [3.05, 3.63) is 35.4 Å². The Morgan fingerprint density at radius 2 is 2.06 bits per heavy atom. The maximum absolute atomic E-state index is 13.4. The maximum Gasteiger partial charge on any atom is 0.259 e. The van der Waals surface area contributed by atoms with Crippen molar-refractivity contribution in [3.8, 4) is 0 Å². The molecular formula is C12H12BrF2NO. The number of hydrogen-bond acceptors (Lipinski definition) is 1. The van der Waals surface area contributed by atoms with Gasteiger partial charge in [0, 0.05) is 18.4 Å². The van der Waals surface area contributed by atoms with Crippen molar-refractivity contribution in [2.75, 3.05) is 18.4 Å². The summed E-state index contributed by atoms with van der Waals surface area (Å²) in [6.45, 7) is 1.11. The molecule has 1 aliphatic rings. The molecule has 0 spiro atoms. The lowest BCUT2D eigenvalue weighted by atomic mass is 10.1. The van der Waals surface area contributed by atoms with Gasteiger partial charge in [-0.05, 0) is 24.5 Å². The molecule has 2 rings (SSSR count). The Bertz CT molecular complexity index is 418. The second-order valence-corrected chi connectivity index (χ2v) is 4.80. The highest BCUT2D eigenvalue weighted by Crippen LogP contribution is 2.22. The third-order valence-electron chi connectivity index (χ3n) is 2.97. The molecule has 1 heterocycles. The predicted octanol–water partition coefficient (Wildman–Crippen LogP) is 2.82. The van der Waals surface area contributed by atoms with Crippen LogP contribution in [0.2, 0.25) is 0 Å². The van der Waals surface area contributed by atoms with Crippen LogP contribution in [0.15, 0.2) is 18.2 Å². The smallest absolute Gasteiger partial charge is 0.259 e. The molecule has 0 aliphatic carbocycles. The van der Waals surface area contributed by atoms with Crippen LogP contribution in [-0.2, 0) is 0 Å². The number of amides is 1. The van der Waals surface area contributed by atoms with E-state index in [1.165, 1.54) is 11.0 Å². The van der Waals surface area contributed by atoms with Crippen LogP contribution >= 0.6 is 15.9 Å². The van der Waals surface area contributed by atoms with Gasteiger partial charge >= 0.3 is 0 Å². The van der Waals surface area contributed by atoms with E-state index in [0.29, 0.717) is 19.0 Å². The van der Waals surface area contributed by atoms with Gasteiger partial charge in [0.15, 0.2) is 0 Å². The van der Waals surface area contributed by atoms with E-state index in [9.17, 15) is 13.6 Å². The zero-order chi connectivity index (χ0) is 12.4. The molecule has 92 valence electrons. The van der Waals surface area contributed by atoms with Crippen molar-refractivity contribution < 1.29 is 13.6 Å². The highest BCUT2D eigenvalue weighted by atomic mass is 79.9. The van der Waals surface area contributed by atoms with Gasteiger partial charge in [0.05, 0.1) is 0 Å². The van der Waals surface area contributed by atoms with Gasteiger partial charge in [-0.15, -0.1) is 0 Å². The van der Waals surface area contributed by atoms with Crippen molar-refractivity contribution in [1.82, 2.24) is 4.90 Å². The molecule has 1 unspecified atom stereocenters. The van der Waals surface area contributed by atoms with Crippen LogP contribution in [0.5, 0.6) is 0 Å². The molecule has 2 nitrogen and oxygen atoms in total. The van der Waals surface area contributed by atoms with Crippen LogP contribution in [0.25, 0.3) is 0 Å². The van der Waals surface area contributed by atoms with Crippen LogP contribution in [0.4, 0.5) is 8.78 Å². The summed E-state index contributed by atoms with van der Waals surface area (Å²) in [4.78, 5) is 13.5. The van der Waals surface area contributed by atoms with E-state index in [1.54, 1.807) is 0 Å². The summed E-state index contributed by atoms with van der Waals surface area (Å²) in [5, 5.41) is 0.802. The van der Waals surface area contributed by atoms with Crippen LogP contribution in [0.3, 0.4) is 0 Å². The number of carbonyl (C=O) groups excluding carboxylic acids is 1. The average molecular weight is 304 g/mol. The number of hydrogen-bond donors (Lipinski definition) is 0. The van der Waals surface area contributed by atoms with Crippen molar-refractivity contribution in [2.24, 2.45) is 5.92 Å². The SMILES string of the molecule is O=C(c1c(F)cccc1F)N1CCC(CBr)C1. The van der Waals surface area contributed by atoms with E-state index in [2.05, 4.69) is 15.9 Å². The molecule has 5 heteroatoms. The van der Waals surface area contributed by atoms with Gasteiger partial charge in [-0.1, -0.05) is 22.0 Å². The first-order valence-corrected chi connectivity index (χ1v) is 6.55. The molecular weight excluding hydrogens is 292 g/mol. The fourth-order valence-electron chi connectivity index (χ4n) is 2.00. The number of rotatable bonds is 2. The summed E-state index contributed by atoms with van der Waals surface area (Å²) < 4.78 is 26.9. The summed E-state index contributed by atoms with van der Waals surface area (Å²) in [7, 11) is 0. The summed E-state index contributed by atoms with van der Waals surface area (Å²) >= 11 is 3.35. The number of halogens is 3. The van der Waals surface area contributed by atoms with Crippen molar-refractivity contribution in [3.63, 3.8) is 0 Å². The first-order valence-electron chi connectivity index (χ1n) is 5.42. The number of likely N-dealkylation sites (tertiary alicyclic amines) is 1. The minimum atomic E-state index is -0.794. The number of alkyl halides is 1. The highest BCUT2D eigenvalue weighted by Gasteiger charge is 2.29. The lowest BCUT2D eigenvalue weighted by Crippen LogP contribution is -2.30. The van der Waals surface area contributed by atoms with Gasteiger partial charge in [0.25, 0.3) is 5.91 Å². The fourth-order valence-corrected chi connectivity index (χ4v) is 2.53. The normalized spacial score (nSPS) is 19.7. The fraction of sp³-hybridized carbons (Fsp3) is 0.417. The molecule has 0 radical (unpaired) electrons. The summed E-state index contributed by atoms with van der Waals surface area (Å²) in [6, 6.07) is 3.47. The second-order valence-electron chi connectivity index (χ2n) is 4.16. The molecule has 1 aromatic rings. The monoisotopic (exact) mass is 303 g/mol. The molecule has 0 bridgehead atoms. The highest BCUT2D eigenvalue weighted by molar-refractivity contribution is 9.09. The zero-order valence-corrected chi connectivity index (χ0v) is 10.7. The van der Waals surface area contributed by atoms with Gasteiger partial charge in [-0.2, -0.15) is 0 Å². The van der Waals surface area contributed by atoms with Crippen molar-refractivity contribution in [2.45, 2.75) is 6.42 Å². The molecule has 1 fully saturated rings. The molecule has 1 amide bonds. The van der Waals surface area contributed by atoms with Gasteiger partial charge in [0.2, 0.25) is 0 Å². The third kappa shape index (κ3) is 2.49. The van der Waals surface area contributed by atoms with Gasteiger partial charge in [-0.3, -0.25) is 4.79 Å². The third-order valence-corrected chi connectivity index (χ3v) is 3.88. The molecule has 17 heavy (non-hydrogen) atoms. The topological polar surface area (TPSA) is 20.3 Å². The summed E-state index contributed by atoms with van der Waals surface area (Å²) in [6.07, 6.45) is 0.868. The maximum atomic E-state index is 13.4. The molecule has 1 atom stereocenters. The van der Waals surface area contributed by atoms with Crippen LogP contribution < -0.4 is 0 Å². The summed E-state index contributed by atoms with van der Waals surface area (Å²) in [5.74, 6) is -1.77. The van der Waals surface area contributed by atoms with E-state index in [-0.39, 0.29) is 0 Å². The molecule has 0 aromatic heterocycles. The standard InChI is InChI=1S/C12H12BrF2NO/c13-6-8-4-5-16(7-8)12(17)11-9(14)2-1-3-10(11)15/h1-3,8H,4-7H2. The minimum Gasteiger partial charge on any atom is -0.338 e. The molecule has 1 aliphatic heterocycles. The molecule has 0 N–H and O–H groups in total.